The first-order valence-electron chi connectivity index (χ1n) is 3.93. The molecule has 0 heterocycles. The summed E-state index contributed by atoms with van der Waals surface area (Å²) in [6.07, 6.45) is 0. The van der Waals surface area contributed by atoms with Crippen LogP contribution >= 0.6 is 12.2 Å². The smallest absolute Gasteiger partial charge is 0.293 e. The fraction of sp³-hybridized carbons (Fsp3) is 0.125. The van der Waals surface area contributed by atoms with E-state index < -0.39 is 4.92 Å². The van der Waals surface area contributed by atoms with Gasteiger partial charge in [-0.25, -0.2) is 0 Å². The van der Waals surface area contributed by atoms with Gasteiger partial charge in [0.2, 0.25) is 0 Å². The molecule has 0 atom stereocenters. The van der Waals surface area contributed by atoms with Gasteiger partial charge in [-0.15, -0.1) is 0 Å². The van der Waals surface area contributed by atoms with Crippen molar-refractivity contribution in [2.24, 2.45) is 5.73 Å². The number of anilines is 1. The summed E-state index contributed by atoms with van der Waals surface area (Å²) in [5.74, 6) is 0.486. The van der Waals surface area contributed by atoms with Gasteiger partial charge < -0.3 is 15.8 Å². The number of thiocarbonyl (C=S) groups is 1. The minimum absolute atomic E-state index is 0.0358. The Morgan fingerprint density at radius 1 is 1.67 bits per heavy atom. The lowest BCUT2D eigenvalue weighted by Crippen LogP contribution is -2.19. The summed E-state index contributed by atoms with van der Waals surface area (Å²) >= 11 is 4.61. The molecule has 3 N–H and O–H groups in total. The number of rotatable bonds is 3. The van der Waals surface area contributed by atoms with Crippen LogP contribution in [-0.2, 0) is 0 Å². The number of nitro groups is 1. The zero-order valence-corrected chi connectivity index (χ0v) is 8.71. The summed E-state index contributed by atoms with van der Waals surface area (Å²) in [7, 11) is 1.46. The van der Waals surface area contributed by atoms with Gasteiger partial charge in [0.25, 0.3) is 5.69 Å². The molecule has 0 bridgehead atoms. The van der Waals surface area contributed by atoms with E-state index in [1.807, 2.05) is 0 Å². The van der Waals surface area contributed by atoms with E-state index in [0.717, 1.165) is 0 Å². The van der Waals surface area contributed by atoms with Crippen molar-refractivity contribution in [1.29, 1.82) is 0 Å². The number of methoxy groups -OCH3 is 1. The van der Waals surface area contributed by atoms with Gasteiger partial charge in [0.1, 0.15) is 11.4 Å². The maximum absolute atomic E-state index is 10.6. The van der Waals surface area contributed by atoms with E-state index in [-0.39, 0.29) is 16.5 Å². The molecule has 0 aliphatic heterocycles. The molecule has 0 spiro atoms. The van der Waals surface area contributed by atoms with Crippen molar-refractivity contribution in [1.82, 2.24) is 0 Å². The van der Waals surface area contributed by atoms with E-state index >= 15 is 0 Å². The summed E-state index contributed by atoms with van der Waals surface area (Å²) in [5, 5.41) is 13.1. The van der Waals surface area contributed by atoms with Crippen molar-refractivity contribution < 1.29 is 9.66 Å². The summed E-state index contributed by atoms with van der Waals surface area (Å²) < 4.78 is 4.92. The van der Waals surface area contributed by atoms with Crippen LogP contribution in [0.2, 0.25) is 0 Å². The molecule has 0 aliphatic rings. The molecule has 15 heavy (non-hydrogen) atoms. The Morgan fingerprint density at radius 2 is 2.33 bits per heavy atom. The second kappa shape index (κ2) is 4.56. The Hall–Kier alpha value is -1.89. The van der Waals surface area contributed by atoms with E-state index in [1.165, 1.54) is 25.3 Å². The molecular formula is C8H9N3O3S. The molecule has 0 aliphatic carbocycles. The van der Waals surface area contributed by atoms with Crippen molar-refractivity contribution in [2.45, 2.75) is 0 Å². The number of benzene rings is 1. The molecule has 0 radical (unpaired) electrons. The van der Waals surface area contributed by atoms with Gasteiger partial charge in [-0.1, -0.05) is 0 Å². The van der Waals surface area contributed by atoms with Crippen molar-refractivity contribution in [3.8, 4) is 5.75 Å². The molecule has 0 amide bonds. The third kappa shape index (κ3) is 2.78. The molecule has 0 saturated heterocycles. The highest BCUT2D eigenvalue weighted by Gasteiger charge is 2.14. The zero-order valence-electron chi connectivity index (χ0n) is 7.89. The number of nitrogens with zero attached hydrogens (tertiary/aromatic N) is 1. The predicted octanol–water partition coefficient (Wildman–Crippen LogP) is 1.26. The first-order chi connectivity index (χ1) is 7.04. The third-order valence-electron chi connectivity index (χ3n) is 1.66. The Morgan fingerprint density at radius 3 is 2.80 bits per heavy atom. The van der Waals surface area contributed by atoms with Crippen LogP contribution in [0.5, 0.6) is 5.75 Å². The first-order valence-corrected chi connectivity index (χ1v) is 4.34. The third-order valence-corrected chi connectivity index (χ3v) is 1.76. The maximum atomic E-state index is 10.6. The second-order valence-corrected chi connectivity index (χ2v) is 3.07. The van der Waals surface area contributed by atoms with Gasteiger partial charge in [-0.2, -0.15) is 0 Å². The molecule has 0 aromatic heterocycles. The van der Waals surface area contributed by atoms with Crippen molar-refractivity contribution in [3.05, 3.63) is 28.3 Å². The average molecular weight is 227 g/mol. The average Bonchev–Trinajstić information content (AvgIpc) is 2.16. The number of nitrogens with two attached hydrogens (primary N) is 1. The van der Waals surface area contributed by atoms with E-state index in [2.05, 4.69) is 17.5 Å². The van der Waals surface area contributed by atoms with Crippen LogP contribution in [0.25, 0.3) is 0 Å². The van der Waals surface area contributed by atoms with E-state index in [4.69, 9.17) is 10.5 Å². The Labute approximate surface area is 91.2 Å². The summed E-state index contributed by atoms with van der Waals surface area (Å²) in [6.45, 7) is 0. The Balaban J connectivity index is 3.16. The van der Waals surface area contributed by atoms with Crippen molar-refractivity contribution in [3.63, 3.8) is 0 Å². The minimum Gasteiger partial charge on any atom is -0.497 e. The van der Waals surface area contributed by atoms with Gasteiger partial charge in [-0.3, -0.25) is 10.1 Å². The standard InChI is InChI=1S/C8H9N3O3S/c1-14-5-2-3-7(11(12)13)6(4-5)10-8(9)15/h2-4H,1H3,(H3,9,10,15). The lowest BCUT2D eigenvalue weighted by Gasteiger charge is -2.06. The van der Waals surface area contributed by atoms with Crippen LogP contribution in [0.1, 0.15) is 0 Å². The van der Waals surface area contributed by atoms with Crippen LogP contribution in [0.3, 0.4) is 0 Å². The number of ether oxygens (including phenoxy) is 1. The zero-order chi connectivity index (χ0) is 11.4. The maximum Gasteiger partial charge on any atom is 0.293 e. The van der Waals surface area contributed by atoms with Crippen LogP contribution in [0, 0.1) is 10.1 Å². The van der Waals surface area contributed by atoms with Crippen LogP contribution < -0.4 is 15.8 Å². The summed E-state index contributed by atoms with van der Waals surface area (Å²) in [4.78, 5) is 10.1. The van der Waals surface area contributed by atoms with Gasteiger partial charge in [0.05, 0.1) is 12.0 Å². The second-order valence-electron chi connectivity index (χ2n) is 2.63. The monoisotopic (exact) mass is 227 g/mol. The molecule has 0 fully saturated rings. The number of nitrogens with one attached hydrogen (secondary N) is 1. The van der Waals surface area contributed by atoms with Gasteiger partial charge in [0, 0.05) is 12.1 Å². The quantitative estimate of drug-likeness (QED) is 0.459. The predicted molar refractivity (Wildman–Crippen MR) is 60.1 cm³/mol. The minimum atomic E-state index is -0.528. The number of hydrogen-bond donors (Lipinski definition) is 2. The molecule has 1 rings (SSSR count). The number of hydrogen-bond acceptors (Lipinski definition) is 4. The molecule has 80 valence electrons. The van der Waals surface area contributed by atoms with Gasteiger partial charge in [0.15, 0.2) is 5.11 Å². The van der Waals surface area contributed by atoms with E-state index in [0.29, 0.717) is 5.75 Å². The highest BCUT2D eigenvalue weighted by molar-refractivity contribution is 7.80. The molecule has 0 unspecified atom stereocenters. The lowest BCUT2D eigenvalue weighted by atomic mass is 10.2. The number of nitro benzene ring substituents is 1. The van der Waals surface area contributed by atoms with Crippen molar-refractivity contribution >= 4 is 28.7 Å². The molecule has 7 heteroatoms. The van der Waals surface area contributed by atoms with Crippen LogP contribution in [0.4, 0.5) is 11.4 Å². The SMILES string of the molecule is COc1ccc([N+](=O)[O-])c(NC(N)=S)c1. The summed E-state index contributed by atoms with van der Waals surface area (Å²) in [6, 6.07) is 4.26. The first kappa shape index (κ1) is 11.2. The van der Waals surface area contributed by atoms with Crippen molar-refractivity contribution in [2.75, 3.05) is 12.4 Å². The van der Waals surface area contributed by atoms with Gasteiger partial charge >= 0.3 is 0 Å². The van der Waals surface area contributed by atoms with Crippen LogP contribution in [-0.4, -0.2) is 17.1 Å². The Bertz CT molecular complexity index is 408. The van der Waals surface area contributed by atoms with E-state index in [1.54, 1.807) is 0 Å². The molecular weight excluding hydrogens is 218 g/mol. The summed E-state index contributed by atoms with van der Waals surface area (Å²) in [5.41, 5.74) is 5.35. The normalized spacial score (nSPS) is 9.40. The highest BCUT2D eigenvalue weighted by Crippen LogP contribution is 2.28. The largest absolute Gasteiger partial charge is 0.497 e. The molecule has 6 nitrogen and oxygen atoms in total. The molecule has 1 aromatic carbocycles. The Kier molecular flexibility index (Phi) is 3.40. The fourth-order valence-electron chi connectivity index (χ4n) is 1.03. The lowest BCUT2D eigenvalue weighted by molar-refractivity contribution is -0.383. The van der Waals surface area contributed by atoms with Crippen LogP contribution in [0.15, 0.2) is 18.2 Å². The van der Waals surface area contributed by atoms with E-state index in [9.17, 15) is 10.1 Å². The topological polar surface area (TPSA) is 90.4 Å². The fourth-order valence-corrected chi connectivity index (χ4v) is 1.14. The molecule has 1 aromatic rings. The highest BCUT2D eigenvalue weighted by atomic mass is 32.1. The van der Waals surface area contributed by atoms with Gasteiger partial charge in [-0.05, 0) is 18.3 Å². The molecule has 0 saturated carbocycles.